The lowest BCUT2D eigenvalue weighted by atomic mass is 10.1. The Bertz CT molecular complexity index is 219. The predicted molar refractivity (Wildman–Crippen MR) is 63.3 cm³/mol. The molecule has 0 saturated carbocycles. The van der Waals surface area contributed by atoms with E-state index in [4.69, 9.17) is 17.2 Å². The first kappa shape index (κ1) is 14.9. The van der Waals surface area contributed by atoms with Crippen molar-refractivity contribution in [2.45, 2.75) is 57.4 Å². The molecule has 0 spiro atoms. The lowest BCUT2D eigenvalue weighted by Gasteiger charge is -2.06. The van der Waals surface area contributed by atoms with Crippen molar-refractivity contribution >= 4 is 11.8 Å². The molecule has 0 heterocycles. The molecule has 5 nitrogen and oxygen atoms in total. The third-order valence-corrected chi connectivity index (χ3v) is 2.55. The summed E-state index contributed by atoms with van der Waals surface area (Å²) in [7, 11) is 0. The van der Waals surface area contributed by atoms with Gasteiger partial charge in [-0.1, -0.05) is 32.1 Å². The maximum atomic E-state index is 10.6. The Labute approximate surface area is 96.7 Å². The van der Waals surface area contributed by atoms with Crippen LogP contribution < -0.4 is 17.2 Å². The van der Waals surface area contributed by atoms with E-state index in [2.05, 4.69) is 0 Å². The van der Waals surface area contributed by atoms with Crippen LogP contribution in [-0.2, 0) is 9.59 Å². The maximum absolute atomic E-state index is 10.6. The van der Waals surface area contributed by atoms with Gasteiger partial charge in [-0.2, -0.15) is 0 Å². The van der Waals surface area contributed by atoms with E-state index >= 15 is 0 Å². The number of amides is 2. The Balaban J connectivity index is 3.15. The van der Waals surface area contributed by atoms with Crippen LogP contribution >= 0.6 is 0 Å². The van der Waals surface area contributed by atoms with Crippen LogP contribution in [0.15, 0.2) is 0 Å². The van der Waals surface area contributed by atoms with E-state index in [9.17, 15) is 9.59 Å². The van der Waals surface area contributed by atoms with Crippen molar-refractivity contribution in [2.75, 3.05) is 0 Å². The van der Waals surface area contributed by atoms with Crippen molar-refractivity contribution < 1.29 is 9.59 Å². The van der Waals surface area contributed by atoms with Crippen LogP contribution in [0.25, 0.3) is 0 Å². The zero-order valence-corrected chi connectivity index (χ0v) is 9.78. The van der Waals surface area contributed by atoms with E-state index in [0.717, 1.165) is 38.5 Å². The SMILES string of the molecule is NC(=O)CCCCCCCCC(N)C(N)=O. The second-order valence-electron chi connectivity index (χ2n) is 4.14. The van der Waals surface area contributed by atoms with Crippen molar-refractivity contribution in [3.8, 4) is 0 Å². The molecule has 1 unspecified atom stereocenters. The molecule has 2 amide bonds. The average Bonchev–Trinajstić information content (AvgIpc) is 2.21. The Kier molecular flexibility index (Phi) is 8.52. The molecule has 0 saturated heterocycles. The fourth-order valence-electron chi connectivity index (χ4n) is 1.51. The average molecular weight is 229 g/mol. The highest BCUT2D eigenvalue weighted by Gasteiger charge is 2.07. The molecular formula is C11H23N3O2. The summed E-state index contributed by atoms with van der Waals surface area (Å²) in [6.07, 6.45) is 7.23. The number of primary amides is 2. The van der Waals surface area contributed by atoms with Gasteiger partial charge in [-0.3, -0.25) is 9.59 Å². The molecule has 0 fully saturated rings. The Morgan fingerprint density at radius 2 is 1.38 bits per heavy atom. The maximum Gasteiger partial charge on any atom is 0.234 e. The molecule has 0 aliphatic heterocycles. The van der Waals surface area contributed by atoms with Gasteiger partial charge in [0, 0.05) is 6.42 Å². The fourth-order valence-corrected chi connectivity index (χ4v) is 1.51. The van der Waals surface area contributed by atoms with Gasteiger partial charge in [-0.25, -0.2) is 0 Å². The van der Waals surface area contributed by atoms with Crippen molar-refractivity contribution in [1.82, 2.24) is 0 Å². The largest absolute Gasteiger partial charge is 0.370 e. The molecule has 0 rings (SSSR count). The van der Waals surface area contributed by atoms with Gasteiger partial charge in [0.25, 0.3) is 0 Å². The zero-order chi connectivity index (χ0) is 12.4. The topological polar surface area (TPSA) is 112 Å². The monoisotopic (exact) mass is 229 g/mol. The van der Waals surface area contributed by atoms with Crippen molar-refractivity contribution in [3.63, 3.8) is 0 Å². The highest BCUT2D eigenvalue weighted by molar-refractivity contribution is 5.79. The second-order valence-corrected chi connectivity index (χ2v) is 4.14. The molecule has 0 aliphatic rings. The number of hydrogen-bond donors (Lipinski definition) is 3. The minimum atomic E-state index is -0.505. The van der Waals surface area contributed by atoms with Crippen LogP contribution in [0.5, 0.6) is 0 Å². The molecule has 1 atom stereocenters. The lowest BCUT2D eigenvalue weighted by molar-refractivity contribution is -0.119. The summed E-state index contributed by atoms with van der Waals surface area (Å²) in [5, 5.41) is 0. The van der Waals surface area contributed by atoms with Gasteiger partial charge in [-0.05, 0) is 12.8 Å². The van der Waals surface area contributed by atoms with Crippen LogP contribution in [0.2, 0.25) is 0 Å². The molecule has 6 N–H and O–H groups in total. The smallest absolute Gasteiger partial charge is 0.234 e. The summed E-state index contributed by atoms with van der Waals surface area (Å²) in [5.74, 6) is -0.658. The van der Waals surface area contributed by atoms with Gasteiger partial charge in [0.2, 0.25) is 11.8 Å². The van der Waals surface area contributed by atoms with E-state index in [1.807, 2.05) is 0 Å². The van der Waals surface area contributed by atoms with Gasteiger partial charge in [-0.15, -0.1) is 0 Å². The summed E-state index contributed by atoms with van der Waals surface area (Å²) >= 11 is 0. The fraction of sp³-hybridized carbons (Fsp3) is 0.818. The molecule has 5 heteroatoms. The number of hydrogen-bond acceptors (Lipinski definition) is 3. The van der Waals surface area contributed by atoms with Crippen molar-refractivity contribution in [1.29, 1.82) is 0 Å². The molecule has 0 aromatic rings. The Morgan fingerprint density at radius 3 is 1.88 bits per heavy atom. The van der Waals surface area contributed by atoms with Crippen LogP contribution in [0, 0.1) is 0 Å². The first-order valence-corrected chi connectivity index (χ1v) is 5.87. The third kappa shape index (κ3) is 9.45. The molecule has 0 radical (unpaired) electrons. The minimum absolute atomic E-state index is 0.229. The van der Waals surface area contributed by atoms with Crippen LogP contribution in [0.4, 0.5) is 0 Å². The molecule has 16 heavy (non-hydrogen) atoms. The lowest BCUT2D eigenvalue weighted by Crippen LogP contribution is -2.36. The Morgan fingerprint density at radius 1 is 0.875 bits per heavy atom. The van der Waals surface area contributed by atoms with Crippen molar-refractivity contribution in [2.24, 2.45) is 17.2 Å². The highest BCUT2D eigenvalue weighted by atomic mass is 16.1. The van der Waals surface area contributed by atoms with Gasteiger partial charge in [0.05, 0.1) is 6.04 Å². The van der Waals surface area contributed by atoms with Gasteiger partial charge >= 0.3 is 0 Å². The quantitative estimate of drug-likeness (QED) is 0.471. The number of carbonyl (C=O) groups excluding carboxylic acids is 2. The first-order chi connectivity index (χ1) is 7.54. The summed E-state index contributed by atoms with van der Waals surface area (Å²) in [5.41, 5.74) is 15.5. The van der Waals surface area contributed by atoms with E-state index < -0.39 is 11.9 Å². The molecule has 0 aliphatic carbocycles. The number of carbonyl (C=O) groups is 2. The highest BCUT2D eigenvalue weighted by Crippen LogP contribution is 2.09. The number of rotatable bonds is 10. The van der Waals surface area contributed by atoms with E-state index in [1.165, 1.54) is 0 Å². The standard InChI is InChI=1S/C11H23N3O2/c12-9(11(14)16)7-5-3-1-2-4-6-8-10(13)15/h9H,1-8,12H2,(H2,13,15)(H2,14,16). The molecule has 0 bridgehead atoms. The normalized spacial score (nSPS) is 12.3. The molecular weight excluding hydrogens is 206 g/mol. The minimum Gasteiger partial charge on any atom is -0.370 e. The predicted octanol–water partition coefficient (Wildman–Crippen LogP) is 0.405. The van der Waals surface area contributed by atoms with E-state index in [-0.39, 0.29) is 5.91 Å². The summed E-state index contributed by atoms with van der Waals surface area (Å²) in [6.45, 7) is 0. The van der Waals surface area contributed by atoms with Gasteiger partial charge < -0.3 is 17.2 Å². The Hall–Kier alpha value is -1.10. The van der Waals surface area contributed by atoms with Crippen molar-refractivity contribution in [3.05, 3.63) is 0 Å². The first-order valence-electron chi connectivity index (χ1n) is 5.87. The molecule has 94 valence electrons. The molecule has 0 aromatic heterocycles. The van der Waals surface area contributed by atoms with Crippen LogP contribution in [0.3, 0.4) is 0 Å². The van der Waals surface area contributed by atoms with Gasteiger partial charge in [0.1, 0.15) is 0 Å². The van der Waals surface area contributed by atoms with E-state index in [1.54, 1.807) is 0 Å². The number of nitrogens with two attached hydrogens (primary N) is 3. The van der Waals surface area contributed by atoms with Gasteiger partial charge in [0.15, 0.2) is 0 Å². The third-order valence-electron chi connectivity index (χ3n) is 2.55. The van der Waals surface area contributed by atoms with Crippen LogP contribution in [0.1, 0.15) is 51.4 Å². The summed E-state index contributed by atoms with van der Waals surface area (Å²) < 4.78 is 0. The zero-order valence-electron chi connectivity index (χ0n) is 9.78. The summed E-state index contributed by atoms with van der Waals surface area (Å²) in [6, 6.07) is -0.505. The second kappa shape index (κ2) is 9.15. The molecule has 0 aromatic carbocycles. The van der Waals surface area contributed by atoms with E-state index in [0.29, 0.717) is 12.8 Å². The number of unbranched alkanes of at least 4 members (excludes halogenated alkanes) is 5. The van der Waals surface area contributed by atoms with Crippen LogP contribution in [-0.4, -0.2) is 17.9 Å². The summed E-state index contributed by atoms with van der Waals surface area (Å²) in [4.78, 5) is 21.1.